The first-order valence-electron chi connectivity index (χ1n) is 5.83. The van der Waals surface area contributed by atoms with Crippen LogP contribution < -0.4 is 0 Å². The van der Waals surface area contributed by atoms with Gasteiger partial charge in [0.25, 0.3) is 0 Å². The van der Waals surface area contributed by atoms with Crippen LogP contribution in [0.3, 0.4) is 0 Å². The quantitative estimate of drug-likeness (QED) is 0.653. The van der Waals surface area contributed by atoms with E-state index in [-0.39, 0.29) is 5.92 Å². The van der Waals surface area contributed by atoms with Crippen LogP contribution in [0.15, 0.2) is 24.3 Å². The third-order valence-electron chi connectivity index (χ3n) is 2.66. The zero-order valence-electron chi connectivity index (χ0n) is 10.6. The number of H-pyrrole nitrogens is 1. The van der Waals surface area contributed by atoms with Crippen LogP contribution in [0.2, 0.25) is 0 Å². The summed E-state index contributed by atoms with van der Waals surface area (Å²) in [6.07, 6.45) is 0. The van der Waals surface area contributed by atoms with Gasteiger partial charge in [-0.2, -0.15) is 0 Å². The number of ether oxygens (including phenoxy) is 1. The molecule has 0 saturated carbocycles. The second-order valence-corrected chi connectivity index (χ2v) is 4.62. The Labute approximate surface area is 105 Å². The van der Waals surface area contributed by atoms with Gasteiger partial charge in [0.15, 0.2) is 0 Å². The molecule has 4 nitrogen and oxygen atoms in total. The fraction of sp³-hybridized carbons (Fsp3) is 0.286. The van der Waals surface area contributed by atoms with Gasteiger partial charge in [-0.3, -0.25) is 4.79 Å². The molecule has 2 rings (SSSR count). The topological polar surface area (TPSA) is 59.2 Å². The van der Waals surface area contributed by atoms with Gasteiger partial charge in [-0.05, 0) is 30.5 Å². The lowest BCUT2D eigenvalue weighted by atomic mass is 10.1. The van der Waals surface area contributed by atoms with Crippen molar-refractivity contribution >= 4 is 22.8 Å². The highest BCUT2D eigenvalue weighted by molar-refractivity contribution is 5.99. The van der Waals surface area contributed by atoms with Crippen molar-refractivity contribution in [2.45, 2.75) is 20.8 Å². The molecule has 0 amide bonds. The highest BCUT2D eigenvalue weighted by atomic mass is 16.6. The Kier molecular flexibility index (Phi) is 3.19. The summed E-state index contributed by atoms with van der Waals surface area (Å²) >= 11 is 0. The summed E-state index contributed by atoms with van der Waals surface area (Å²) in [7, 11) is 0. The number of carbonyl (C=O) groups is 2. The summed E-state index contributed by atoms with van der Waals surface area (Å²) in [6, 6.07) is 7.17. The summed E-state index contributed by atoms with van der Waals surface area (Å²) in [4.78, 5) is 26.2. The fourth-order valence-corrected chi connectivity index (χ4v) is 1.67. The Bertz CT molecular complexity index is 611. The van der Waals surface area contributed by atoms with Crippen LogP contribution in [0.5, 0.6) is 0 Å². The van der Waals surface area contributed by atoms with Crippen molar-refractivity contribution in [2.24, 2.45) is 5.92 Å². The van der Waals surface area contributed by atoms with Gasteiger partial charge in [-0.1, -0.05) is 19.9 Å². The molecule has 18 heavy (non-hydrogen) atoms. The number of hydrogen-bond acceptors (Lipinski definition) is 3. The maximum absolute atomic E-state index is 11.8. The molecule has 4 heteroatoms. The van der Waals surface area contributed by atoms with Gasteiger partial charge in [0.05, 0.1) is 11.5 Å². The molecule has 0 bridgehead atoms. The molecule has 0 aliphatic carbocycles. The lowest BCUT2D eigenvalue weighted by Crippen LogP contribution is -2.17. The molecule has 0 atom stereocenters. The maximum atomic E-state index is 11.8. The average molecular weight is 245 g/mol. The van der Waals surface area contributed by atoms with Crippen LogP contribution in [-0.2, 0) is 9.53 Å². The molecule has 0 fully saturated rings. The van der Waals surface area contributed by atoms with Crippen molar-refractivity contribution in [3.63, 3.8) is 0 Å². The summed E-state index contributed by atoms with van der Waals surface area (Å²) in [5, 5.41) is 1.03. The van der Waals surface area contributed by atoms with E-state index in [1.807, 2.05) is 19.1 Å². The monoisotopic (exact) mass is 245 g/mol. The number of nitrogens with one attached hydrogen (secondary N) is 1. The standard InChI is InChI=1S/C14H15NO3/c1-8(2)13(16)18-14(17)11-5-4-10-6-9(3)15-12(10)7-11/h4-8,15H,1-3H3. The highest BCUT2D eigenvalue weighted by Gasteiger charge is 2.16. The van der Waals surface area contributed by atoms with E-state index in [2.05, 4.69) is 4.98 Å². The molecule has 0 radical (unpaired) electrons. The Morgan fingerprint density at radius 1 is 1.22 bits per heavy atom. The minimum Gasteiger partial charge on any atom is -0.389 e. The Morgan fingerprint density at radius 3 is 2.61 bits per heavy atom. The van der Waals surface area contributed by atoms with Crippen molar-refractivity contribution in [2.75, 3.05) is 0 Å². The van der Waals surface area contributed by atoms with E-state index in [0.29, 0.717) is 5.56 Å². The van der Waals surface area contributed by atoms with E-state index in [0.717, 1.165) is 16.6 Å². The van der Waals surface area contributed by atoms with E-state index in [4.69, 9.17) is 4.74 Å². The first-order valence-corrected chi connectivity index (χ1v) is 5.83. The molecule has 0 spiro atoms. The van der Waals surface area contributed by atoms with Gasteiger partial charge in [0.2, 0.25) is 0 Å². The molecular formula is C14H15NO3. The minimum atomic E-state index is -0.608. The van der Waals surface area contributed by atoms with Crippen molar-refractivity contribution in [3.05, 3.63) is 35.5 Å². The third kappa shape index (κ3) is 2.42. The van der Waals surface area contributed by atoms with Crippen LogP contribution in [-0.4, -0.2) is 16.9 Å². The van der Waals surface area contributed by atoms with Crippen molar-refractivity contribution in [1.82, 2.24) is 4.98 Å². The second kappa shape index (κ2) is 4.64. The Morgan fingerprint density at radius 2 is 1.94 bits per heavy atom. The lowest BCUT2D eigenvalue weighted by molar-refractivity contribution is -0.141. The van der Waals surface area contributed by atoms with E-state index < -0.39 is 11.9 Å². The predicted molar refractivity (Wildman–Crippen MR) is 68.3 cm³/mol. The zero-order chi connectivity index (χ0) is 13.3. The first-order chi connectivity index (χ1) is 8.47. The second-order valence-electron chi connectivity index (χ2n) is 4.62. The number of aryl methyl sites for hydroxylation is 1. The van der Waals surface area contributed by atoms with Crippen LogP contribution in [0.25, 0.3) is 10.9 Å². The largest absolute Gasteiger partial charge is 0.389 e. The number of carbonyl (C=O) groups excluding carboxylic acids is 2. The molecule has 0 saturated heterocycles. The van der Waals surface area contributed by atoms with Crippen LogP contribution in [0.4, 0.5) is 0 Å². The Balaban J connectivity index is 2.25. The molecule has 1 N–H and O–H groups in total. The molecular weight excluding hydrogens is 230 g/mol. The first kappa shape index (κ1) is 12.4. The van der Waals surface area contributed by atoms with E-state index >= 15 is 0 Å². The van der Waals surface area contributed by atoms with Crippen LogP contribution >= 0.6 is 0 Å². The zero-order valence-corrected chi connectivity index (χ0v) is 10.6. The summed E-state index contributed by atoms with van der Waals surface area (Å²) in [6.45, 7) is 5.32. The van der Waals surface area contributed by atoms with Crippen molar-refractivity contribution in [1.29, 1.82) is 0 Å². The van der Waals surface area contributed by atoms with Gasteiger partial charge in [0.1, 0.15) is 0 Å². The average Bonchev–Trinajstić information content (AvgIpc) is 2.67. The molecule has 94 valence electrons. The summed E-state index contributed by atoms with van der Waals surface area (Å²) in [5.41, 5.74) is 2.26. The van der Waals surface area contributed by atoms with Gasteiger partial charge < -0.3 is 9.72 Å². The lowest BCUT2D eigenvalue weighted by Gasteiger charge is -2.05. The fourth-order valence-electron chi connectivity index (χ4n) is 1.67. The smallest absolute Gasteiger partial charge is 0.345 e. The van der Waals surface area contributed by atoms with Crippen LogP contribution in [0.1, 0.15) is 29.9 Å². The van der Waals surface area contributed by atoms with Gasteiger partial charge >= 0.3 is 11.9 Å². The number of aromatic amines is 1. The van der Waals surface area contributed by atoms with E-state index in [9.17, 15) is 9.59 Å². The number of rotatable bonds is 2. The van der Waals surface area contributed by atoms with Crippen molar-refractivity contribution < 1.29 is 14.3 Å². The molecule has 1 aromatic carbocycles. The number of hydrogen-bond donors (Lipinski definition) is 1. The van der Waals surface area contributed by atoms with E-state index in [1.165, 1.54) is 0 Å². The van der Waals surface area contributed by atoms with Crippen molar-refractivity contribution in [3.8, 4) is 0 Å². The molecule has 1 aromatic heterocycles. The number of aromatic nitrogens is 1. The minimum absolute atomic E-state index is 0.314. The normalized spacial score (nSPS) is 10.9. The molecule has 1 heterocycles. The predicted octanol–water partition coefficient (Wildman–Crippen LogP) is 2.82. The third-order valence-corrected chi connectivity index (χ3v) is 2.66. The van der Waals surface area contributed by atoms with Gasteiger partial charge in [-0.25, -0.2) is 4.79 Å². The van der Waals surface area contributed by atoms with E-state index in [1.54, 1.807) is 26.0 Å². The summed E-state index contributed by atoms with van der Waals surface area (Å²) < 4.78 is 4.76. The van der Waals surface area contributed by atoms with Crippen LogP contribution in [0, 0.1) is 12.8 Å². The Hall–Kier alpha value is -2.10. The van der Waals surface area contributed by atoms with Gasteiger partial charge in [-0.15, -0.1) is 0 Å². The number of esters is 2. The SMILES string of the molecule is Cc1cc2ccc(C(=O)OC(=O)C(C)C)cc2[nH]1. The highest BCUT2D eigenvalue weighted by Crippen LogP contribution is 2.17. The molecule has 0 aliphatic rings. The maximum Gasteiger partial charge on any atom is 0.345 e. The molecule has 0 aliphatic heterocycles. The summed E-state index contributed by atoms with van der Waals surface area (Å²) in [5.74, 6) is -1.43. The number of fused-ring (bicyclic) bond motifs is 1. The number of benzene rings is 1. The van der Waals surface area contributed by atoms with Gasteiger partial charge in [0, 0.05) is 11.2 Å². The molecule has 2 aromatic rings. The molecule has 0 unspecified atom stereocenters.